The molecule has 18 heavy (non-hydrogen) atoms. The van der Waals surface area contributed by atoms with Crippen LogP contribution in [0.25, 0.3) is 0 Å². The summed E-state index contributed by atoms with van der Waals surface area (Å²) < 4.78 is 16.8. The first-order valence-electron chi connectivity index (χ1n) is 5.97. The number of anilines is 1. The second-order valence-electron chi connectivity index (χ2n) is 3.65. The maximum absolute atomic E-state index is 5.44. The van der Waals surface area contributed by atoms with Crippen LogP contribution in [0.15, 0.2) is 24.3 Å². The second kappa shape index (κ2) is 10.5. The van der Waals surface area contributed by atoms with Crippen molar-refractivity contribution in [2.24, 2.45) is 0 Å². The molecule has 4 nitrogen and oxygen atoms in total. The van der Waals surface area contributed by atoms with Gasteiger partial charge in [0.25, 0.3) is 0 Å². The summed E-state index contributed by atoms with van der Waals surface area (Å²) in [4.78, 5) is 0. The smallest absolute Gasteiger partial charge is 0.0701 e. The van der Waals surface area contributed by atoms with Crippen LogP contribution < -0.4 is 5.32 Å². The molecule has 1 N–H and O–H groups in total. The normalized spacial score (nSPS) is 10.6. The van der Waals surface area contributed by atoms with Gasteiger partial charge in [0.1, 0.15) is 0 Å². The standard InChI is InChI=1S/C13H20INO3/c1-16-7-8-18-10-9-17-6-5-15-13-4-2-3-12(14)11-13/h2-4,11,15H,5-10H2,1H3. The average molecular weight is 365 g/mol. The molecule has 0 fully saturated rings. The number of hydrogen-bond donors (Lipinski definition) is 1. The highest BCUT2D eigenvalue weighted by atomic mass is 127. The Hall–Kier alpha value is -0.370. The van der Waals surface area contributed by atoms with Gasteiger partial charge >= 0.3 is 0 Å². The van der Waals surface area contributed by atoms with Crippen molar-refractivity contribution in [1.82, 2.24) is 0 Å². The zero-order valence-electron chi connectivity index (χ0n) is 10.7. The van der Waals surface area contributed by atoms with Crippen molar-refractivity contribution in [2.75, 3.05) is 52.0 Å². The molecule has 0 atom stereocenters. The minimum Gasteiger partial charge on any atom is -0.383 e. The lowest BCUT2D eigenvalue weighted by Crippen LogP contribution is -2.13. The van der Waals surface area contributed by atoms with Gasteiger partial charge in [-0.1, -0.05) is 6.07 Å². The summed E-state index contributed by atoms with van der Waals surface area (Å²) in [6, 6.07) is 8.26. The quantitative estimate of drug-likeness (QED) is 0.511. The van der Waals surface area contributed by atoms with Crippen LogP contribution in [-0.4, -0.2) is 46.7 Å². The van der Waals surface area contributed by atoms with Crippen molar-refractivity contribution >= 4 is 28.3 Å². The van der Waals surface area contributed by atoms with E-state index >= 15 is 0 Å². The number of nitrogens with one attached hydrogen (secondary N) is 1. The van der Waals surface area contributed by atoms with Gasteiger partial charge in [0.05, 0.1) is 33.0 Å². The zero-order chi connectivity index (χ0) is 13.1. The summed E-state index contributed by atoms with van der Waals surface area (Å²) in [5.74, 6) is 0. The van der Waals surface area contributed by atoms with Crippen molar-refractivity contribution in [3.8, 4) is 0 Å². The highest BCUT2D eigenvalue weighted by Gasteiger charge is 1.93. The first-order valence-corrected chi connectivity index (χ1v) is 7.04. The molecular formula is C13H20INO3. The van der Waals surface area contributed by atoms with Crippen molar-refractivity contribution < 1.29 is 14.2 Å². The molecule has 0 aliphatic rings. The predicted molar refractivity (Wildman–Crippen MR) is 81.2 cm³/mol. The third-order valence-corrected chi connectivity index (χ3v) is 2.87. The molecular weight excluding hydrogens is 345 g/mol. The maximum atomic E-state index is 5.44. The number of ether oxygens (including phenoxy) is 3. The summed E-state index contributed by atoms with van der Waals surface area (Å²) in [5, 5.41) is 3.31. The molecule has 0 heterocycles. The Bertz CT molecular complexity index is 323. The van der Waals surface area contributed by atoms with Gasteiger partial charge in [0.2, 0.25) is 0 Å². The van der Waals surface area contributed by atoms with Crippen LogP contribution in [0.1, 0.15) is 0 Å². The van der Waals surface area contributed by atoms with Crippen molar-refractivity contribution in [2.45, 2.75) is 0 Å². The topological polar surface area (TPSA) is 39.7 Å². The molecule has 102 valence electrons. The number of rotatable bonds is 10. The van der Waals surface area contributed by atoms with Crippen LogP contribution >= 0.6 is 22.6 Å². The fourth-order valence-electron chi connectivity index (χ4n) is 1.33. The first kappa shape index (κ1) is 15.7. The monoisotopic (exact) mass is 365 g/mol. The molecule has 5 heteroatoms. The number of hydrogen-bond acceptors (Lipinski definition) is 4. The van der Waals surface area contributed by atoms with Crippen LogP contribution in [0.3, 0.4) is 0 Å². The van der Waals surface area contributed by atoms with E-state index in [1.165, 1.54) is 3.57 Å². The predicted octanol–water partition coefficient (Wildman–Crippen LogP) is 2.38. The molecule has 0 unspecified atom stereocenters. The largest absolute Gasteiger partial charge is 0.383 e. The highest BCUT2D eigenvalue weighted by molar-refractivity contribution is 14.1. The van der Waals surface area contributed by atoms with Gasteiger partial charge < -0.3 is 19.5 Å². The third kappa shape index (κ3) is 7.86. The van der Waals surface area contributed by atoms with Gasteiger partial charge in [-0.25, -0.2) is 0 Å². The summed E-state index contributed by atoms with van der Waals surface area (Å²) in [7, 11) is 1.66. The van der Waals surface area contributed by atoms with E-state index in [-0.39, 0.29) is 0 Å². The SMILES string of the molecule is COCCOCCOCCNc1cccc(I)c1. The summed E-state index contributed by atoms with van der Waals surface area (Å²) in [5.41, 5.74) is 1.13. The first-order chi connectivity index (χ1) is 8.83. The average Bonchev–Trinajstić information content (AvgIpc) is 2.37. The van der Waals surface area contributed by atoms with Gasteiger partial charge in [-0.05, 0) is 40.8 Å². The molecule has 0 bridgehead atoms. The van der Waals surface area contributed by atoms with Crippen LogP contribution in [0.4, 0.5) is 5.69 Å². The van der Waals surface area contributed by atoms with Crippen LogP contribution in [-0.2, 0) is 14.2 Å². The fourth-order valence-corrected chi connectivity index (χ4v) is 1.87. The van der Waals surface area contributed by atoms with Crippen LogP contribution in [0, 0.1) is 3.57 Å². The zero-order valence-corrected chi connectivity index (χ0v) is 12.8. The Kier molecular flexibility index (Phi) is 9.19. The van der Waals surface area contributed by atoms with E-state index in [0.717, 1.165) is 12.2 Å². The number of benzene rings is 1. The van der Waals surface area contributed by atoms with E-state index < -0.39 is 0 Å². The van der Waals surface area contributed by atoms with E-state index in [2.05, 4.69) is 46.1 Å². The lowest BCUT2D eigenvalue weighted by Gasteiger charge is -2.08. The van der Waals surface area contributed by atoms with Gasteiger partial charge in [-0.15, -0.1) is 0 Å². The van der Waals surface area contributed by atoms with E-state index in [4.69, 9.17) is 14.2 Å². The molecule has 1 aromatic carbocycles. The van der Waals surface area contributed by atoms with Crippen LogP contribution in [0.2, 0.25) is 0 Å². The second-order valence-corrected chi connectivity index (χ2v) is 4.90. The van der Waals surface area contributed by atoms with E-state index in [1.807, 2.05) is 6.07 Å². The van der Waals surface area contributed by atoms with E-state index in [0.29, 0.717) is 33.0 Å². The third-order valence-electron chi connectivity index (χ3n) is 2.20. The molecule has 0 radical (unpaired) electrons. The van der Waals surface area contributed by atoms with Gasteiger partial charge in [-0.3, -0.25) is 0 Å². The maximum Gasteiger partial charge on any atom is 0.0701 e. The summed E-state index contributed by atoms with van der Waals surface area (Å²) in [6.45, 7) is 3.98. The Morgan fingerprint density at radius 2 is 1.78 bits per heavy atom. The molecule has 0 aromatic heterocycles. The molecule has 0 amide bonds. The molecule has 1 aromatic rings. The molecule has 0 aliphatic heterocycles. The highest BCUT2D eigenvalue weighted by Crippen LogP contribution is 2.11. The number of methoxy groups -OCH3 is 1. The Morgan fingerprint density at radius 1 is 1.06 bits per heavy atom. The van der Waals surface area contributed by atoms with Crippen molar-refractivity contribution in [3.05, 3.63) is 27.8 Å². The van der Waals surface area contributed by atoms with Crippen LogP contribution in [0.5, 0.6) is 0 Å². The summed E-state index contributed by atoms with van der Waals surface area (Å²) in [6.07, 6.45) is 0. The molecule has 0 saturated carbocycles. The molecule has 0 saturated heterocycles. The van der Waals surface area contributed by atoms with Crippen molar-refractivity contribution in [3.63, 3.8) is 0 Å². The molecule has 0 aliphatic carbocycles. The van der Waals surface area contributed by atoms with E-state index in [1.54, 1.807) is 7.11 Å². The Balaban J connectivity index is 1.92. The van der Waals surface area contributed by atoms with Gasteiger partial charge in [-0.2, -0.15) is 0 Å². The minimum atomic E-state index is 0.618. The fraction of sp³-hybridized carbons (Fsp3) is 0.538. The Morgan fingerprint density at radius 3 is 2.50 bits per heavy atom. The van der Waals surface area contributed by atoms with Crippen molar-refractivity contribution in [1.29, 1.82) is 0 Å². The lowest BCUT2D eigenvalue weighted by atomic mass is 10.3. The van der Waals surface area contributed by atoms with Gasteiger partial charge in [0.15, 0.2) is 0 Å². The minimum absolute atomic E-state index is 0.618. The van der Waals surface area contributed by atoms with E-state index in [9.17, 15) is 0 Å². The summed E-state index contributed by atoms with van der Waals surface area (Å²) >= 11 is 2.30. The Labute approximate surface area is 122 Å². The van der Waals surface area contributed by atoms with Gasteiger partial charge in [0, 0.05) is 22.9 Å². The number of halogens is 1. The lowest BCUT2D eigenvalue weighted by molar-refractivity contribution is 0.0272. The molecule has 0 spiro atoms. The molecule has 1 rings (SSSR count).